The van der Waals surface area contributed by atoms with E-state index in [1.54, 1.807) is 13.3 Å². The summed E-state index contributed by atoms with van der Waals surface area (Å²) in [7, 11) is 1.64. The van der Waals surface area contributed by atoms with E-state index in [2.05, 4.69) is 10.3 Å². The van der Waals surface area contributed by atoms with Crippen molar-refractivity contribution < 1.29 is 9.47 Å². The summed E-state index contributed by atoms with van der Waals surface area (Å²) in [5.74, 6) is 1.44. The van der Waals surface area contributed by atoms with Gasteiger partial charge in [-0.25, -0.2) is 4.98 Å². The highest BCUT2D eigenvalue weighted by atomic mass is 35.5. The Morgan fingerprint density at radius 3 is 2.65 bits per heavy atom. The highest BCUT2D eigenvalue weighted by Gasteiger charge is 2.14. The lowest BCUT2D eigenvalue weighted by molar-refractivity contribution is 0.155. The average Bonchev–Trinajstić information content (AvgIpc) is 2.31. The molecule has 1 N–H and O–H groups in total. The monoisotopic (exact) mass is 280 g/mol. The van der Waals surface area contributed by atoms with Crippen LogP contribution in [0.1, 0.15) is 12.8 Å². The minimum absolute atomic E-state index is 0. The van der Waals surface area contributed by atoms with Crippen molar-refractivity contribution in [2.24, 2.45) is 0 Å². The van der Waals surface area contributed by atoms with Gasteiger partial charge in [-0.2, -0.15) is 0 Å². The van der Waals surface area contributed by atoms with Crippen molar-refractivity contribution in [2.75, 3.05) is 20.2 Å². The first-order valence-electron chi connectivity index (χ1n) is 5.26. The molecule has 98 valence electrons. The van der Waals surface area contributed by atoms with Gasteiger partial charge in [0.15, 0.2) is 0 Å². The SMILES string of the molecule is COc1ccnc(OC2CCNCC2)c1.Cl.Cl. The summed E-state index contributed by atoms with van der Waals surface area (Å²) in [6.45, 7) is 2.04. The molecule has 1 aliphatic heterocycles. The Hall–Kier alpha value is -0.710. The summed E-state index contributed by atoms with van der Waals surface area (Å²) >= 11 is 0. The molecule has 0 aromatic carbocycles. The van der Waals surface area contributed by atoms with Crippen LogP contribution in [0.15, 0.2) is 18.3 Å². The lowest BCUT2D eigenvalue weighted by Gasteiger charge is -2.23. The van der Waals surface area contributed by atoms with E-state index in [9.17, 15) is 0 Å². The van der Waals surface area contributed by atoms with Crippen molar-refractivity contribution in [2.45, 2.75) is 18.9 Å². The third kappa shape index (κ3) is 4.98. The third-order valence-electron chi connectivity index (χ3n) is 2.52. The standard InChI is InChI=1S/C11H16N2O2.2ClH/c1-14-10-4-7-13-11(8-10)15-9-2-5-12-6-3-9;;/h4,7-9,12H,2-3,5-6H2,1H3;2*1H. The van der Waals surface area contributed by atoms with Crippen molar-refractivity contribution in [1.29, 1.82) is 0 Å². The zero-order valence-electron chi connectivity index (χ0n) is 9.72. The van der Waals surface area contributed by atoms with Crippen molar-refractivity contribution in [3.8, 4) is 11.6 Å². The van der Waals surface area contributed by atoms with Gasteiger partial charge >= 0.3 is 0 Å². The van der Waals surface area contributed by atoms with Crippen LogP contribution in [0.25, 0.3) is 0 Å². The summed E-state index contributed by atoms with van der Waals surface area (Å²) in [4.78, 5) is 4.16. The molecule has 4 nitrogen and oxygen atoms in total. The molecule has 0 amide bonds. The average molecular weight is 281 g/mol. The maximum Gasteiger partial charge on any atom is 0.217 e. The lowest BCUT2D eigenvalue weighted by atomic mass is 10.1. The Morgan fingerprint density at radius 2 is 2.00 bits per heavy atom. The molecule has 1 saturated heterocycles. The minimum atomic E-state index is 0. The fourth-order valence-electron chi connectivity index (χ4n) is 1.67. The van der Waals surface area contributed by atoms with Crippen LogP contribution in [-0.4, -0.2) is 31.3 Å². The van der Waals surface area contributed by atoms with Crippen LogP contribution >= 0.6 is 24.8 Å². The summed E-state index contributed by atoms with van der Waals surface area (Å²) in [5, 5.41) is 3.30. The summed E-state index contributed by atoms with van der Waals surface area (Å²) in [6, 6.07) is 3.64. The number of nitrogens with zero attached hydrogens (tertiary/aromatic N) is 1. The van der Waals surface area contributed by atoms with Gasteiger partial charge in [0.05, 0.1) is 7.11 Å². The van der Waals surface area contributed by atoms with Crippen molar-refractivity contribution >= 4 is 24.8 Å². The Labute approximate surface area is 114 Å². The second-order valence-electron chi connectivity index (χ2n) is 3.60. The molecule has 1 aliphatic rings. The zero-order valence-corrected chi connectivity index (χ0v) is 11.4. The topological polar surface area (TPSA) is 43.4 Å². The van der Waals surface area contributed by atoms with Crippen molar-refractivity contribution in [3.63, 3.8) is 0 Å². The van der Waals surface area contributed by atoms with Gasteiger partial charge in [-0.1, -0.05) is 0 Å². The maximum absolute atomic E-state index is 5.77. The van der Waals surface area contributed by atoms with Gasteiger partial charge in [-0.15, -0.1) is 24.8 Å². The van der Waals surface area contributed by atoms with Crippen LogP contribution in [0.3, 0.4) is 0 Å². The first-order valence-corrected chi connectivity index (χ1v) is 5.26. The Kier molecular flexibility index (Phi) is 8.04. The molecular formula is C11H18Cl2N2O2. The Bertz CT molecular complexity index is 320. The first kappa shape index (κ1) is 16.3. The van der Waals surface area contributed by atoms with Crippen molar-refractivity contribution in [1.82, 2.24) is 10.3 Å². The van der Waals surface area contributed by atoms with E-state index in [4.69, 9.17) is 9.47 Å². The predicted octanol–water partition coefficient (Wildman–Crippen LogP) is 2.06. The third-order valence-corrected chi connectivity index (χ3v) is 2.52. The van der Waals surface area contributed by atoms with E-state index < -0.39 is 0 Å². The molecular weight excluding hydrogens is 263 g/mol. The number of pyridine rings is 1. The molecule has 2 heterocycles. The molecule has 0 aliphatic carbocycles. The molecule has 0 unspecified atom stereocenters. The van der Waals surface area contributed by atoms with Crippen LogP contribution in [0.4, 0.5) is 0 Å². The van der Waals surface area contributed by atoms with Crippen LogP contribution in [-0.2, 0) is 0 Å². The van der Waals surface area contributed by atoms with E-state index >= 15 is 0 Å². The van der Waals surface area contributed by atoms with Crippen LogP contribution in [0.2, 0.25) is 0 Å². The van der Waals surface area contributed by atoms with Gasteiger partial charge < -0.3 is 14.8 Å². The molecule has 0 saturated carbocycles. The second kappa shape index (κ2) is 8.39. The quantitative estimate of drug-likeness (QED) is 0.921. The van der Waals surface area contributed by atoms with Crippen molar-refractivity contribution in [3.05, 3.63) is 18.3 Å². The molecule has 0 radical (unpaired) electrons. The molecule has 17 heavy (non-hydrogen) atoms. The van der Waals surface area contributed by atoms with Gasteiger partial charge in [0.25, 0.3) is 0 Å². The predicted molar refractivity (Wildman–Crippen MR) is 71.8 cm³/mol. The first-order chi connectivity index (χ1) is 7.38. The van der Waals surface area contributed by atoms with Gasteiger partial charge in [0, 0.05) is 12.3 Å². The molecule has 6 heteroatoms. The number of methoxy groups -OCH3 is 1. The van der Waals surface area contributed by atoms with E-state index in [1.165, 1.54) is 0 Å². The number of hydrogen-bond donors (Lipinski definition) is 1. The van der Waals surface area contributed by atoms with Crippen LogP contribution in [0, 0.1) is 0 Å². The molecule has 1 fully saturated rings. The normalized spacial score (nSPS) is 15.4. The number of nitrogens with one attached hydrogen (secondary N) is 1. The molecule has 1 aromatic heterocycles. The number of rotatable bonds is 3. The van der Waals surface area contributed by atoms with Gasteiger partial charge in [0.1, 0.15) is 11.9 Å². The van der Waals surface area contributed by atoms with Crippen LogP contribution in [0.5, 0.6) is 11.6 Å². The van der Waals surface area contributed by atoms with E-state index in [0.717, 1.165) is 31.7 Å². The Morgan fingerprint density at radius 1 is 1.29 bits per heavy atom. The highest BCUT2D eigenvalue weighted by molar-refractivity contribution is 5.85. The number of halogens is 2. The van der Waals surface area contributed by atoms with Crippen LogP contribution < -0.4 is 14.8 Å². The number of ether oxygens (including phenoxy) is 2. The maximum atomic E-state index is 5.77. The molecule has 0 bridgehead atoms. The summed E-state index contributed by atoms with van der Waals surface area (Å²) < 4.78 is 10.9. The molecule has 0 spiro atoms. The number of hydrogen-bond acceptors (Lipinski definition) is 4. The highest BCUT2D eigenvalue weighted by Crippen LogP contribution is 2.18. The molecule has 1 aromatic rings. The fourth-order valence-corrected chi connectivity index (χ4v) is 1.67. The summed E-state index contributed by atoms with van der Waals surface area (Å²) in [6.07, 6.45) is 4.07. The minimum Gasteiger partial charge on any atom is -0.497 e. The van der Waals surface area contributed by atoms with E-state index in [0.29, 0.717) is 5.88 Å². The summed E-state index contributed by atoms with van der Waals surface area (Å²) in [5.41, 5.74) is 0. The number of aromatic nitrogens is 1. The molecule has 2 rings (SSSR count). The van der Waals surface area contributed by atoms with Gasteiger partial charge in [-0.05, 0) is 32.0 Å². The fraction of sp³-hybridized carbons (Fsp3) is 0.545. The Balaban J connectivity index is 0.00000128. The molecule has 0 atom stereocenters. The zero-order chi connectivity index (χ0) is 10.5. The smallest absolute Gasteiger partial charge is 0.217 e. The number of piperidine rings is 1. The lowest BCUT2D eigenvalue weighted by Crippen LogP contribution is -2.34. The second-order valence-corrected chi connectivity index (χ2v) is 3.60. The largest absolute Gasteiger partial charge is 0.497 e. The van der Waals surface area contributed by atoms with E-state index in [1.807, 2.05) is 12.1 Å². The van der Waals surface area contributed by atoms with E-state index in [-0.39, 0.29) is 30.9 Å². The van der Waals surface area contributed by atoms with Gasteiger partial charge in [0.2, 0.25) is 5.88 Å². The van der Waals surface area contributed by atoms with Gasteiger partial charge in [-0.3, -0.25) is 0 Å².